The zero-order valence-electron chi connectivity index (χ0n) is 21.5. The Morgan fingerprint density at radius 1 is 1.15 bits per heavy atom. The average Bonchev–Trinajstić information content (AvgIpc) is 2.84. The van der Waals surface area contributed by atoms with E-state index >= 15 is 0 Å². The number of carbonyl (C=O) groups excluding carboxylic acids is 2. The van der Waals surface area contributed by atoms with Gasteiger partial charge in [-0.25, -0.2) is 13.9 Å². The Kier molecular flexibility index (Phi) is 9.87. The standard InChI is InChI=1S/C26H32FN4O7P/c1-26(2,38-39(35,36)37)11-10-17(24(28)33)14-23(32)21(13-16-6-5-7-18(27)12-16)31-25(34)22-15-29-19-8-3-4-9-20(19)30-22/h3-9,12,15,17,21,23,32H,10-11,13-14H2,1-2H3,(H2,28,33)(H,31,34)(H2,35,36,37). The molecule has 0 aliphatic carbocycles. The topological polar surface area (TPSA) is 185 Å². The number of benzene rings is 2. The third-order valence-electron chi connectivity index (χ3n) is 6.20. The molecule has 0 bridgehead atoms. The Morgan fingerprint density at radius 2 is 1.85 bits per heavy atom. The number of nitrogens with one attached hydrogen (secondary N) is 1. The first-order chi connectivity index (χ1) is 18.2. The van der Waals surface area contributed by atoms with E-state index in [4.69, 9.17) is 20.0 Å². The number of phosphoric acid groups is 1. The molecule has 0 spiro atoms. The van der Waals surface area contributed by atoms with Gasteiger partial charge in [0.05, 0.1) is 35.0 Å². The molecule has 6 N–H and O–H groups in total. The average molecular weight is 563 g/mol. The Hall–Kier alpha value is -3.28. The fraction of sp³-hybridized carbons (Fsp3) is 0.385. The van der Waals surface area contributed by atoms with Crippen LogP contribution in [0.15, 0.2) is 54.7 Å². The number of phosphoric ester groups is 1. The molecule has 2 amide bonds. The molecular weight excluding hydrogens is 530 g/mol. The van der Waals surface area contributed by atoms with Gasteiger partial charge in [0, 0.05) is 5.92 Å². The van der Waals surface area contributed by atoms with Crippen molar-refractivity contribution in [3.05, 3.63) is 71.8 Å². The second-order valence-corrected chi connectivity index (χ2v) is 11.1. The minimum absolute atomic E-state index is 0.00734. The largest absolute Gasteiger partial charge is 0.470 e. The second kappa shape index (κ2) is 12.7. The third-order valence-corrected chi connectivity index (χ3v) is 6.93. The van der Waals surface area contributed by atoms with E-state index in [1.807, 2.05) is 0 Å². The number of aliphatic hydroxyl groups is 1. The van der Waals surface area contributed by atoms with E-state index in [0.29, 0.717) is 16.6 Å². The molecule has 0 saturated heterocycles. The minimum atomic E-state index is -4.77. The molecule has 0 aliphatic rings. The highest BCUT2D eigenvalue weighted by molar-refractivity contribution is 7.46. The predicted octanol–water partition coefficient (Wildman–Crippen LogP) is 2.63. The number of nitrogens with two attached hydrogens (primary N) is 1. The van der Waals surface area contributed by atoms with E-state index in [0.717, 1.165) is 0 Å². The van der Waals surface area contributed by atoms with Crippen molar-refractivity contribution >= 4 is 30.7 Å². The molecule has 3 aromatic rings. The molecule has 1 aromatic heterocycles. The molecule has 210 valence electrons. The lowest BCUT2D eigenvalue weighted by molar-refractivity contribution is -0.123. The van der Waals surface area contributed by atoms with E-state index in [2.05, 4.69) is 15.3 Å². The van der Waals surface area contributed by atoms with Crippen molar-refractivity contribution in [3.8, 4) is 0 Å². The summed E-state index contributed by atoms with van der Waals surface area (Å²) in [6.45, 7) is 2.91. The summed E-state index contributed by atoms with van der Waals surface area (Å²) < 4.78 is 29.9. The highest BCUT2D eigenvalue weighted by Crippen LogP contribution is 2.43. The highest BCUT2D eigenvalue weighted by atomic mass is 31.2. The molecule has 2 aromatic carbocycles. The molecule has 1 heterocycles. The molecular formula is C26H32FN4O7P. The summed E-state index contributed by atoms with van der Waals surface area (Å²) >= 11 is 0. The van der Waals surface area contributed by atoms with Gasteiger partial charge in [-0.3, -0.25) is 19.1 Å². The van der Waals surface area contributed by atoms with Gasteiger partial charge in [-0.1, -0.05) is 24.3 Å². The van der Waals surface area contributed by atoms with Gasteiger partial charge in [-0.05, 0) is 69.4 Å². The maximum Gasteiger partial charge on any atom is 0.470 e. The molecule has 0 saturated carbocycles. The zero-order valence-corrected chi connectivity index (χ0v) is 22.4. The fourth-order valence-corrected chi connectivity index (χ4v) is 4.97. The maximum absolute atomic E-state index is 13.8. The van der Waals surface area contributed by atoms with E-state index < -0.39 is 49.1 Å². The first-order valence-electron chi connectivity index (χ1n) is 12.2. The molecule has 39 heavy (non-hydrogen) atoms. The SMILES string of the molecule is CC(C)(CCC(CC(O)C(Cc1cccc(F)c1)NC(=O)c1cnc2ccccc2n1)C(N)=O)OP(=O)(O)O. The molecule has 3 rings (SSSR count). The lowest BCUT2D eigenvalue weighted by Crippen LogP contribution is -2.46. The number of fused-ring (bicyclic) bond motifs is 1. The van der Waals surface area contributed by atoms with Gasteiger partial charge in [0.1, 0.15) is 11.5 Å². The van der Waals surface area contributed by atoms with Crippen molar-refractivity contribution in [2.45, 2.75) is 57.3 Å². The van der Waals surface area contributed by atoms with Crippen LogP contribution in [-0.2, 0) is 20.3 Å². The first kappa shape index (κ1) is 30.3. The minimum Gasteiger partial charge on any atom is -0.391 e. The van der Waals surface area contributed by atoms with E-state index in [9.17, 15) is 23.7 Å². The number of carbonyl (C=O) groups is 2. The first-order valence-corrected chi connectivity index (χ1v) is 13.8. The van der Waals surface area contributed by atoms with E-state index in [1.54, 1.807) is 30.3 Å². The molecule has 3 atom stereocenters. The molecule has 0 fully saturated rings. The van der Waals surface area contributed by atoms with Gasteiger partial charge in [0.15, 0.2) is 0 Å². The van der Waals surface area contributed by atoms with Crippen LogP contribution in [0.25, 0.3) is 11.0 Å². The van der Waals surface area contributed by atoms with Crippen molar-refractivity contribution in [3.63, 3.8) is 0 Å². The predicted molar refractivity (Wildman–Crippen MR) is 141 cm³/mol. The van der Waals surface area contributed by atoms with Crippen molar-refractivity contribution in [2.75, 3.05) is 0 Å². The third kappa shape index (κ3) is 9.45. The van der Waals surface area contributed by atoms with Crippen LogP contribution in [-0.4, -0.2) is 54.4 Å². The van der Waals surface area contributed by atoms with Crippen LogP contribution in [0.2, 0.25) is 0 Å². The van der Waals surface area contributed by atoms with Crippen LogP contribution in [0.1, 0.15) is 49.2 Å². The zero-order chi connectivity index (χ0) is 28.8. The van der Waals surface area contributed by atoms with Gasteiger partial charge in [0.25, 0.3) is 5.91 Å². The van der Waals surface area contributed by atoms with Crippen LogP contribution in [0.3, 0.4) is 0 Å². The van der Waals surface area contributed by atoms with E-state index in [1.165, 1.54) is 38.2 Å². The molecule has 3 unspecified atom stereocenters. The normalized spacial score (nSPS) is 14.5. The lowest BCUT2D eigenvalue weighted by Gasteiger charge is -2.29. The van der Waals surface area contributed by atoms with Crippen molar-refractivity contribution in [2.24, 2.45) is 11.7 Å². The quantitative estimate of drug-likeness (QED) is 0.195. The van der Waals surface area contributed by atoms with Crippen LogP contribution < -0.4 is 11.1 Å². The number of para-hydroxylation sites is 2. The van der Waals surface area contributed by atoms with Crippen LogP contribution in [0.5, 0.6) is 0 Å². The van der Waals surface area contributed by atoms with Gasteiger partial charge in [-0.15, -0.1) is 0 Å². The smallest absolute Gasteiger partial charge is 0.391 e. The van der Waals surface area contributed by atoms with Crippen LogP contribution in [0.4, 0.5) is 4.39 Å². The molecule has 0 radical (unpaired) electrons. The summed E-state index contributed by atoms with van der Waals surface area (Å²) in [6.07, 6.45) is -0.0376. The molecule has 0 aliphatic heterocycles. The van der Waals surface area contributed by atoms with Crippen molar-refractivity contribution in [1.29, 1.82) is 0 Å². The lowest BCUT2D eigenvalue weighted by atomic mass is 9.87. The monoisotopic (exact) mass is 562 g/mol. The van der Waals surface area contributed by atoms with Gasteiger partial charge < -0.3 is 25.9 Å². The van der Waals surface area contributed by atoms with Gasteiger partial charge >= 0.3 is 7.82 Å². The number of nitrogens with zero attached hydrogens (tertiary/aromatic N) is 2. The molecule has 11 nitrogen and oxygen atoms in total. The number of rotatable bonds is 13. The number of amides is 2. The van der Waals surface area contributed by atoms with Gasteiger partial charge in [-0.2, -0.15) is 0 Å². The summed E-state index contributed by atoms with van der Waals surface area (Å²) in [5.41, 5.74) is 5.89. The number of hydrogen-bond acceptors (Lipinski definition) is 7. The summed E-state index contributed by atoms with van der Waals surface area (Å²) in [4.78, 5) is 52.1. The Labute approximate surface area is 224 Å². The number of aromatic nitrogens is 2. The summed E-state index contributed by atoms with van der Waals surface area (Å²) in [6, 6.07) is 11.7. The van der Waals surface area contributed by atoms with Crippen LogP contribution in [0, 0.1) is 11.7 Å². The Bertz CT molecular complexity index is 1370. The summed E-state index contributed by atoms with van der Waals surface area (Å²) in [5.74, 6) is -2.76. The number of primary amides is 1. The Balaban J connectivity index is 1.79. The van der Waals surface area contributed by atoms with Crippen LogP contribution >= 0.6 is 7.82 Å². The maximum atomic E-state index is 13.8. The summed E-state index contributed by atoms with van der Waals surface area (Å²) in [7, 11) is -4.77. The number of aliphatic hydroxyl groups excluding tert-OH is 1. The van der Waals surface area contributed by atoms with Gasteiger partial charge in [0.2, 0.25) is 5.91 Å². The Morgan fingerprint density at radius 3 is 2.49 bits per heavy atom. The highest BCUT2D eigenvalue weighted by Gasteiger charge is 2.33. The fourth-order valence-electron chi connectivity index (χ4n) is 4.23. The van der Waals surface area contributed by atoms with Crippen molar-refractivity contribution in [1.82, 2.24) is 15.3 Å². The molecule has 13 heteroatoms. The number of hydrogen-bond donors (Lipinski definition) is 5. The van der Waals surface area contributed by atoms with Crippen molar-refractivity contribution < 1.29 is 38.0 Å². The number of halogens is 1. The second-order valence-electron chi connectivity index (χ2n) is 9.94. The summed E-state index contributed by atoms with van der Waals surface area (Å²) in [5, 5.41) is 13.9. The van der Waals surface area contributed by atoms with E-state index in [-0.39, 0.29) is 31.4 Å².